The highest BCUT2D eigenvalue weighted by Gasteiger charge is 2.29. The molecule has 2 heterocycles. The van der Waals surface area contributed by atoms with Crippen LogP contribution in [0.5, 0.6) is 0 Å². The molecule has 29 heavy (non-hydrogen) atoms. The van der Waals surface area contributed by atoms with Crippen molar-refractivity contribution < 1.29 is 19.4 Å². The van der Waals surface area contributed by atoms with E-state index < -0.39 is 27.2 Å². The number of carbonyl (C=O) groups is 2. The summed E-state index contributed by atoms with van der Waals surface area (Å²) in [6, 6.07) is 2.46. The topological polar surface area (TPSA) is 144 Å². The highest BCUT2D eigenvalue weighted by atomic mass is 32.1. The molecule has 1 atom stereocenters. The van der Waals surface area contributed by atoms with Gasteiger partial charge < -0.3 is 10.6 Å². The number of thiophene rings is 2. The molecule has 0 aromatic carbocycles. The van der Waals surface area contributed by atoms with Gasteiger partial charge in [-0.25, -0.2) is 0 Å². The van der Waals surface area contributed by atoms with Crippen LogP contribution in [-0.4, -0.2) is 33.7 Å². The lowest BCUT2D eigenvalue weighted by Crippen LogP contribution is -2.53. The summed E-state index contributed by atoms with van der Waals surface area (Å²) in [5.41, 5.74) is -1.03. The second kappa shape index (κ2) is 8.66. The van der Waals surface area contributed by atoms with Gasteiger partial charge >= 0.3 is 0 Å². The molecule has 0 unspecified atom stereocenters. The molecule has 2 N–H and O–H groups in total. The lowest BCUT2D eigenvalue weighted by molar-refractivity contribution is -0.385. The molecular weight excluding hydrogens is 420 g/mol. The minimum Gasteiger partial charge on any atom is -0.349 e. The van der Waals surface area contributed by atoms with Crippen LogP contribution in [0.1, 0.15) is 49.4 Å². The fourth-order valence-electron chi connectivity index (χ4n) is 2.49. The number of nitrogens with one attached hydrogen (secondary N) is 2. The smallest absolute Gasteiger partial charge is 0.283 e. The van der Waals surface area contributed by atoms with Crippen LogP contribution in [0.25, 0.3) is 0 Å². The highest BCUT2D eigenvalue weighted by molar-refractivity contribution is 7.14. The molecule has 0 saturated carbocycles. The average Bonchev–Trinajstić information content (AvgIpc) is 3.23. The van der Waals surface area contributed by atoms with Crippen molar-refractivity contribution in [1.82, 2.24) is 10.6 Å². The van der Waals surface area contributed by atoms with E-state index in [0.29, 0.717) is 16.2 Å². The standard InChI is InChI=1S/C17H20N4O6S2/c1-5-17(4,19-16(23)14-7-12(21(26)27)10(3)29-14)8-18-15(22)13-6-11(20(24)25)9(2)28-13/h6-7H,5,8H2,1-4H3,(H,18,22)(H,19,23)/t17-/m0/s1. The molecular formula is C17H20N4O6S2. The second-order valence-corrected chi connectivity index (χ2v) is 9.18. The molecule has 0 bridgehead atoms. The fraction of sp³-hybridized carbons (Fsp3) is 0.412. The Hall–Kier alpha value is -2.86. The van der Waals surface area contributed by atoms with Gasteiger partial charge in [0, 0.05) is 18.7 Å². The molecule has 0 fully saturated rings. The summed E-state index contributed by atoms with van der Waals surface area (Å²) in [6.07, 6.45) is 0.481. The molecule has 0 radical (unpaired) electrons. The SMILES string of the molecule is CC[C@@](C)(CNC(=O)c1cc([N+](=O)[O-])c(C)s1)NC(=O)c1cc([N+](=O)[O-])c(C)s1. The Labute approximate surface area is 174 Å². The summed E-state index contributed by atoms with van der Waals surface area (Å²) in [5.74, 6) is -0.935. The summed E-state index contributed by atoms with van der Waals surface area (Å²) in [5, 5.41) is 27.4. The van der Waals surface area contributed by atoms with E-state index >= 15 is 0 Å². The van der Waals surface area contributed by atoms with Gasteiger partial charge in [-0.1, -0.05) is 6.92 Å². The van der Waals surface area contributed by atoms with E-state index in [9.17, 15) is 29.8 Å². The zero-order chi connectivity index (χ0) is 21.9. The summed E-state index contributed by atoms with van der Waals surface area (Å²) in [4.78, 5) is 47.0. The van der Waals surface area contributed by atoms with E-state index in [0.717, 1.165) is 22.7 Å². The van der Waals surface area contributed by atoms with Crippen molar-refractivity contribution in [3.05, 3.63) is 51.9 Å². The van der Waals surface area contributed by atoms with Crippen molar-refractivity contribution in [2.75, 3.05) is 6.54 Å². The molecule has 0 saturated heterocycles. The van der Waals surface area contributed by atoms with Crippen molar-refractivity contribution in [1.29, 1.82) is 0 Å². The van der Waals surface area contributed by atoms with Crippen LogP contribution in [0.2, 0.25) is 0 Å². The van der Waals surface area contributed by atoms with Crippen molar-refractivity contribution in [3.63, 3.8) is 0 Å². The zero-order valence-electron chi connectivity index (χ0n) is 16.2. The minimum atomic E-state index is -0.808. The van der Waals surface area contributed by atoms with Gasteiger partial charge in [-0.05, 0) is 27.2 Å². The largest absolute Gasteiger partial charge is 0.349 e. The van der Waals surface area contributed by atoms with Crippen molar-refractivity contribution in [2.45, 2.75) is 39.7 Å². The Morgan fingerprint density at radius 3 is 1.83 bits per heavy atom. The molecule has 12 heteroatoms. The summed E-state index contributed by atoms with van der Waals surface area (Å²) >= 11 is 2.05. The number of hydrogen-bond acceptors (Lipinski definition) is 8. The zero-order valence-corrected chi connectivity index (χ0v) is 17.9. The normalized spacial score (nSPS) is 12.8. The van der Waals surface area contributed by atoms with Gasteiger partial charge in [-0.2, -0.15) is 0 Å². The van der Waals surface area contributed by atoms with Crippen LogP contribution in [-0.2, 0) is 0 Å². The molecule has 2 amide bonds. The predicted octanol–water partition coefficient (Wildman–Crippen LogP) is 3.57. The Balaban J connectivity index is 2.07. The Morgan fingerprint density at radius 1 is 1.00 bits per heavy atom. The molecule has 2 rings (SSSR count). The van der Waals surface area contributed by atoms with Crippen molar-refractivity contribution >= 4 is 45.9 Å². The van der Waals surface area contributed by atoms with Crippen LogP contribution in [0, 0.1) is 34.1 Å². The van der Waals surface area contributed by atoms with Gasteiger partial charge in [-0.15, -0.1) is 22.7 Å². The first-order valence-corrected chi connectivity index (χ1v) is 10.2. The molecule has 2 aromatic heterocycles. The number of nitrogens with zero attached hydrogens (tertiary/aromatic N) is 2. The monoisotopic (exact) mass is 440 g/mol. The van der Waals surface area contributed by atoms with E-state index in [1.807, 2.05) is 6.92 Å². The molecule has 0 spiro atoms. The van der Waals surface area contributed by atoms with Crippen molar-refractivity contribution in [2.24, 2.45) is 0 Å². The number of carbonyl (C=O) groups excluding carboxylic acids is 2. The molecule has 0 aliphatic heterocycles. The maximum Gasteiger partial charge on any atom is 0.283 e. The first-order valence-electron chi connectivity index (χ1n) is 8.57. The van der Waals surface area contributed by atoms with Gasteiger partial charge in [0.05, 0.1) is 34.9 Å². The Kier molecular flexibility index (Phi) is 6.69. The Bertz CT molecular complexity index is 983. The summed E-state index contributed by atoms with van der Waals surface area (Å²) in [7, 11) is 0. The number of rotatable bonds is 8. The highest BCUT2D eigenvalue weighted by Crippen LogP contribution is 2.29. The summed E-state index contributed by atoms with van der Waals surface area (Å²) in [6.45, 7) is 6.79. The molecule has 10 nitrogen and oxygen atoms in total. The van der Waals surface area contributed by atoms with E-state index in [2.05, 4.69) is 10.6 Å². The van der Waals surface area contributed by atoms with Crippen LogP contribution in [0.15, 0.2) is 12.1 Å². The van der Waals surface area contributed by atoms with E-state index in [1.54, 1.807) is 20.8 Å². The molecule has 0 aliphatic rings. The first kappa shape index (κ1) is 22.4. The number of hydrogen-bond donors (Lipinski definition) is 2. The number of amides is 2. The van der Waals surface area contributed by atoms with Gasteiger partial charge in [-0.3, -0.25) is 29.8 Å². The maximum absolute atomic E-state index is 12.5. The van der Waals surface area contributed by atoms with Crippen LogP contribution < -0.4 is 10.6 Å². The lowest BCUT2D eigenvalue weighted by Gasteiger charge is -2.29. The van der Waals surface area contributed by atoms with Gasteiger partial charge in [0.1, 0.15) is 0 Å². The summed E-state index contributed by atoms with van der Waals surface area (Å²) < 4.78 is 0. The molecule has 0 aliphatic carbocycles. The quantitative estimate of drug-likeness (QED) is 0.474. The molecule has 2 aromatic rings. The van der Waals surface area contributed by atoms with Crippen LogP contribution in [0.4, 0.5) is 11.4 Å². The van der Waals surface area contributed by atoms with Crippen molar-refractivity contribution in [3.8, 4) is 0 Å². The third-order valence-corrected chi connectivity index (χ3v) is 6.54. The fourth-order valence-corrected chi connectivity index (χ4v) is 4.27. The number of nitro groups is 2. The predicted molar refractivity (Wildman–Crippen MR) is 110 cm³/mol. The number of aryl methyl sites for hydroxylation is 2. The van der Waals surface area contributed by atoms with Crippen LogP contribution in [0.3, 0.4) is 0 Å². The van der Waals surface area contributed by atoms with Gasteiger partial charge in [0.2, 0.25) is 0 Å². The minimum absolute atomic E-state index is 0.0886. The maximum atomic E-state index is 12.5. The van der Waals surface area contributed by atoms with E-state index in [1.165, 1.54) is 12.1 Å². The lowest BCUT2D eigenvalue weighted by atomic mass is 9.98. The van der Waals surface area contributed by atoms with Crippen LogP contribution >= 0.6 is 22.7 Å². The average molecular weight is 441 g/mol. The molecule has 156 valence electrons. The van der Waals surface area contributed by atoms with Gasteiger partial charge in [0.15, 0.2) is 0 Å². The third kappa shape index (κ3) is 5.15. The third-order valence-electron chi connectivity index (χ3n) is 4.46. The van der Waals surface area contributed by atoms with Gasteiger partial charge in [0.25, 0.3) is 23.2 Å². The first-order chi connectivity index (χ1) is 13.5. The second-order valence-electron chi connectivity index (χ2n) is 6.67. The van der Waals surface area contributed by atoms with E-state index in [-0.39, 0.29) is 27.7 Å². The Morgan fingerprint density at radius 2 is 1.45 bits per heavy atom. The van der Waals surface area contributed by atoms with E-state index in [4.69, 9.17) is 0 Å².